The molecule has 3 aromatic rings. The zero-order chi connectivity index (χ0) is 18.1. The fourth-order valence-corrected chi connectivity index (χ4v) is 3.24. The summed E-state index contributed by atoms with van der Waals surface area (Å²) in [5.74, 6) is 0.612. The van der Waals surface area contributed by atoms with Gasteiger partial charge in [0.1, 0.15) is 5.82 Å². The molecule has 0 bridgehead atoms. The number of nitrogens with zero attached hydrogens (tertiary/aromatic N) is 3. The van der Waals surface area contributed by atoms with Crippen molar-refractivity contribution in [3.05, 3.63) is 66.2 Å². The molecule has 2 amide bonds. The normalized spacial score (nSPS) is 14.0. The minimum absolute atomic E-state index is 0.132. The molecule has 0 aliphatic carbocycles. The fraction of sp³-hybridized carbons (Fsp3) is 0.190. The highest BCUT2D eigenvalue weighted by atomic mass is 16.2. The van der Waals surface area contributed by atoms with Crippen LogP contribution in [0.25, 0.3) is 10.9 Å². The van der Waals surface area contributed by atoms with Crippen molar-refractivity contribution in [1.29, 1.82) is 0 Å². The minimum atomic E-state index is -0.132. The van der Waals surface area contributed by atoms with Crippen LogP contribution >= 0.6 is 0 Å². The fourth-order valence-electron chi connectivity index (χ4n) is 3.24. The molecule has 0 atom stereocenters. The summed E-state index contributed by atoms with van der Waals surface area (Å²) in [4.78, 5) is 32.5. The van der Waals surface area contributed by atoms with Gasteiger partial charge in [-0.1, -0.05) is 18.2 Å². The van der Waals surface area contributed by atoms with E-state index in [0.29, 0.717) is 17.8 Å². The van der Waals surface area contributed by atoms with Gasteiger partial charge in [-0.3, -0.25) is 14.5 Å². The summed E-state index contributed by atoms with van der Waals surface area (Å²) in [7, 11) is 1.72. The number of anilines is 2. The van der Waals surface area contributed by atoms with Crippen molar-refractivity contribution in [3.8, 4) is 0 Å². The Morgan fingerprint density at radius 3 is 2.54 bits per heavy atom. The van der Waals surface area contributed by atoms with Crippen LogP contribution in [0.2, 0.25) is 0 Å². The largest absolute Gasteiger partial charge is 0.312 e. The smallest absolute Gasteiger partial charge is 0.259 e. The molecule has 1 fully saturated rings. The second-order valence-corrected chi connectivity index (χ2v) is 6.42. The molecule has 1 aromatic heterocycles. The number of hydrogen-bond acceptors (Lipinski definition) is 3. The Morgan fingerprint density at radius 2 is 1.81 bits per heavy atom. The van der Waals surface area contributed by atoms with E-state index in [2.05, 4.69) is 4.98 Å². The van der Waals surface area contributed by atoms with E-state index in [9.17, 15) is 9.59 Å². The predicted octanol–water partition coefficient (Wildman–Crippen LogP) is 3.64. The van der Waals surface area contributed by atoms with Gasteiger partial charge in [0.2, 0.25) is 5.91 Å². The summed E-state index contributed by atoms with van der Waals surface area (Å²) >= 11 is 0. The van der Waals surface area contributed by atoms with Gasteiger partial charge in [0.05, 0.1) is 5.52 Å². The van der Waals surface area contributed by atoms with Crippen LogP contribution in [0.4, 0.5) is 11.5 Å². The standard InChI is InChI=1S/C21H19N3O2/c1-23(19-13-10-15-5-2-3-6-18(15)22-19)21(26)16-8-11-17(12-9-16)24-14-4-7-20(24)25/h2-3,5-6,8-13H,4,7,14H2,1H3. The summed E-state index contributed by atoms with van der Waals surface area (Å²) in [6.45, 7) is 0.743. The average Bonchev–Trinajstić information content (AvgIpc) is 3.12. The van der Waals surface area contributed by atoms with Gasteiger partial charge >= 0.3 is 0 Å². The van der Waals surface area contributed by atoms with Crippen molar-refractivity contribution >= 4 is 34.2 Å². The number of carbonyl (C=O) groups is 2. The van der Waals surface area contributed by atoms with Gasteiger partial charge in [-0.05, 0) is 48.9 Å². The van der Waals surface area contributed by atoms with Gasteiger partial charge in [0.15, 0.2) is 0 Å². The molecule has 1 saturated heterocycles. The maximum Gasteiger partial charge on any atom is 0.259 e. The molecule has 0 unspecified atom stereocenters. The van der Waals surface area contributed by atoms with Crippen molar-refractivity contribution in [2.24, 2.45) is 0 Å². The first-order valence-electron chi connectivity index (χ1n) is 8.68. The van der Waals surface area contributed by atoms with Crippen molar-refractivity contribution in [2.45, 2.75) is 12.8 Å². The Balaban J connectivity index is 1.56. The molecule has 4 rings (SSSR count). The number of rotatable bonds is 3. The van der Waals surface area contributed by atoms with E-state index in [1.807, 2.05) is 48.5 Å². The molecule has 5 nitrogen and oxygen atoms in total. The molecule has 1 aliphatic rings. The molecular formula is C21H19N3O2. The van der Waals surface area contributed by atoms with Crippen molar-refractivity contribution in [1.82, 2.24) is 4.98 Å². The van der Waals surface area contributed by atoms with Crippen molar-refractivity contribution in [2.75, 3.05) is 23.4 Å². The SMILES string of the molecule is CN(C(=O)c1ccc(N2CCCC2=O)cc1)c1ccc2ccccc2n1. The Kier molecular flexibility index (Phi) is 4.13. The molecule has 0 N–H and O–H groups in total. The molecule has 0 spiro atoms. The van der Waals surface area contributed by atoms with Crippen LogP contribution in [0.3, 0.4) is 0 Å². The highest BCUT2D eigenvalue weighted by Crippen LogP contribution is 2.23. The van der Waals surface area contributed by atoms with E-state index < -0.39 is 0 Å². The summed E-state index contributed by atoms with van der Waals surface area (Å²) in [5.41, 5.74) is 2.26. The third-order valence-electron chi connectivity index (χ3n) is 4.73. The number of carbonyl (C=O) groups excluding carboxylic acids is 2. The molecule has 2 aromatic carbocycles. The van der Waals surface area contributed by atoms with E-state index in [-0.39, 0.29) is 11.8 Å². The van der Waals surface area contributed by atoms with Gasteiger partial charge in [-0.2, -0.15) is 0 Å². The lowest BCUT2D eigenvalue weighted by Crippen LogP contribution is -2.27. The molecule has 130 valence electrons. The first kappa shape index (κ1) is 16.3. The maximum absolute atomic E-state index is 12.8. The van der Waals surface area contributed by atoms with Crippen LogP contribution in [0.1, 0.15) is 23.2 Å². The zero-order valence-corrected chi connectivity index (χ0v) is 14.6. The molecule has 0 saturated carbocycles. The summed E-state index contributed by atoms with van der Waals surface area (Å²) < 4.78 is 0. The lowest BCUT2D eigenvalue weighted by Gasteiger charge is -2.18. The van der Waals surface area contributed by atoms with Crippen molar-refractivity contribution in [3.63, 3.8) is 0 Å². The minimum Gasteiger partial charge on any atom is -0.312 e. The van der Waals surface area contributed by atoms with E-state index in [1.54, 1.807) is 29.0 Å². The molecule has 26 heavy (non-hydrogen) atoms. The van der Waals surface area contributed by atoms with Crippen LogP contribution in [0, 0.1) is 0 Å². The van der Waals surface area contributed by atoms with E-state index >= 15 is 0 Å². The molecule has 2 heterocycles. The molecule has 5 heteroatoms. The number of benzene rings is 2. The summed E-state index contributed by atoms with van der Waals surface area (Å²) in [6.07, 6.45) is 1.48. The van der Waals surface area contributed by atoms with E-state index in [0.717, 1.165) is 29.6 Å². The number of pyridine rings is 1. The van der Waals surface area contributed by atoms with E-state index in [4.69, 9.17) is 0 Å². The third kappa shape index (κ3) is 2.92. The number of fused-ring (bicyclic) bond motifs is 1. The van der Waals surface area contributed by atoms with Crippen LogP contribution < -0.4 is 9.80 Å². The number of aromatic nitrogens is 1. The Bertz CT molecular complexity index is 982. The average molecular weight is 345 g/mol. The Labute approximate surface area is 151 Å². The lowest BCUT2D eigenvalue weighted by molar-refractivity contribution is -0.117. The molecule has 1 aliphatic heterocycles. The summed E-state index contributed by atoms with van der Waals surface area (Å²) in [6, 6.07) is 18.8. The second kappa shape index (κ2) is 6.59. The first-order chi connectivity index (χ1) is 12.6. The number of hydrogen-bond donors (Lipinski definition) is 0. The van der Waals surface area contributed by atoms with Crippen molar-refractivity contribution < 1.29 is 9.59 Å². The van der Waals surface area contributed by atoms with Gasteiger partial charge in [0, 0.05) is 36.7 Å². The zero-order valence-electron chi connectivity index (χ0n) is 14.6. The van der Waals surface area contributed by atoms with E-state index in [1.165, 1.54) is 0 Å². The van der Waals surface area contributed by atoms with Gasteiger partial charge in [0.25, 0.3) is 5.91 Å². The number of amides is 2. The predicted molar refractivity (Wildman–Crippen MR) is 103 cm³/mol. The van der Waals surface area contributed by atoms with Crippen LogP contribution in [-0.2, 0) is 4.79 Å². The van der Waals surface area contributed by atoms with Gasteiger partial charge in [-0.15, -0.1) is 0 Å². The Hall–Kier alpha value is -3.21. The quantitative estimate of drug-likeness (QED) is 0.728. The Morgan fingerprint density at radius 1 is 1.04 bits per heavy atom. The van der Waals surface area contributed by atoms with Crippen LogP contribution in [0.15, 0.2) is 60.7 Å². The monoisotopic (exact) mass is 345 g/mol. The van der Waals surface area contributed by atoms with Gasteiger partial charge < -0.3 is 4.90 Å². The van der Waals surface area contributed by atoms with Crippen LogP contribution in [-0.4, -0.2) is 30.4 Å². The highest BCUT2D eigenvalue weighted by Gasteiger charge is 2.22. The maximum atomic E-state index is 12.8. The third-order valence-corrected chi connectivity index (χ3v) is 4.73. The lowest BCUT2D eigenvalue weighted by atomic mass is 10.1. The molecule has 0 radical (unpaired) electrons. The first-order valence-corrected chi connectivity index (χ1v) is 8.68. The van der Waals surface area contributed by atoms with Gasteiger partial charge in [-0.25, -0.2) is 4.98 Å². The summed E-state index contributed by atoms with van der Waals surface area (Å²) in [5, 5.41) is 1.04. The number of para-hydroxylation sites is 1. The highest BCUT2D eigenvalue weighted by molar-refractivity contribution is 6.06. The molecular weight excluding hydrogens is 326 g/mol. The van der Waals surface area contributed by atoms with Crippen LogP contribution in [0.5, 0.6) is 0 Å². The second-order valence-electron chi connectivity index (χ2n) is 6.42. The topological polar surface area (TPSA) is 53.5 Å².